The van der Waals surface area contributed by atoms with Crippen LogP contribution in [-0.2, 0) is 0 Å². The first-order valence-electron chi connectivity index (χ1n) is 7.21. The number of piperazine rings is 1. The molecule has 1 fully saturated rings. The van der Waals surface area contributed by atoms with Crippen LogP contribution in [0.25, 0.3) is 11.4 Å². The Kier molecular flexibility index (Phi) is 7.78. The fourth-order valence-corrected chi connectivity index (χ4v) is 2.49. The Morgan fingerprint density at radius 2 is 1.83 bits per heavy atom. The lowest BCUT2D eigenvalue weighted by atomic mass is 10.2. The summed E-state index contributed by atoms with van der Waals surface area (Å²) in [5, 5.41) is 7.43. The molecule has 1 N–H and O–H groups in total. The fraction of sp³-hybridized carbons (Fsp3) is 0.467. The van der Waals surface area contributed by atoms with Gasteiger partial charge in [-0.3, -0.25) is 4.90 Å². The number of hydrogen-bond donors (Lipinski definition) is 1. The molecule has 1 aliphatic heterocycles. The normalized spacial score (nSPS) is 16.1. The SMILES string of the molecule is COc1ccc(-c2noc(C(C)N3CCNCC3)n2)cc1.Cl.Cl. The zero-order valence-electron chi connectivity index (χ0n) is 13.2. The lowest BCUT2D eigenvalue weighted by Crippen LogP contribution is -2.44. The molecule has 3 rings (SSSR count). The second-order valence-electron chi connectivity index (χ2n) is 5.15. The third-order valence-corrected chi connectivity index (χ3v) is 3.85. The van der Waals surface area contributed by atoms with Crippen molar-refractivity contribution in [1.82, 2.24) is 20.4 Å². The first-order chi connectivity index (χ1) is 10.3. The maximum Gasteiger partial charge on any atom is 0.244 e. The van der Waals surface area contributed by atoms with Gasteiger partial charge in [-0.05, 0) is 31.2 Å². The number of hydrogen-bond acceptors (Lipinski definition) is 6. The molecular formula is C15H22Cl2N4O2. The van der Waals surface area contributed by atoms with Gasteiger partial charge in [0.1, 0.15) is 5.75 Å². The van der Waals surface area contributed by atoms with Crippen molar-refractivity contribution in [2.24, 2.45) is 0 Å². The van der Waals surface area contributed by atoms with Gasteiger partial charge in [-0.1, -0.05) is 5.16 Å². The molecule has 1 atom stereocenters. The van der Waals surface area contributed by atoms with Crippen molar-refractivity contribution in [3.05, 3.63) is 30.2 Å². The molecule has 1 aromatic carbocycles. The predicted molar refractivity (Wildman–Crippen MR) is 93.6 cm³/mol. The number of benzene rings is 1. The maximum absolute atomic E-state index is 5.44. The minimum atomic E-state index is 0. The lowest BCUT2D eigenvalue weighted by Gasteiger charge is -2.30. The molecule has 23 heavy (non-hydrogen) atoms. The largest absolute Gasteiger partial charge is 0.497 e. The van der Waals surface area contributed by atoms with E-state index in [1.807, 2.05) is 24.3 Å². The Morgan fingerprint density at radius 1 is 1.17 bits per heavy atom. The van der Waals surface area contributed by atoms with Gasteiger partial charge in [-0.2, -0.15) is 4.98 Å². The van der Waals surface area contributed by atoms with E-state index in [0.29, 0.717) is 11.7 Å². The molecule has 1 saturated heterocycles. The Hall–Kier alpha value is -1.34. The molecule has 1 aromatic heterocycles. The molecule has 1 unspecified atom stereocenters. The number of rotatable bonds is 4. The summed E-state index contributed by atoms with van der Waals surface area (Å²) in [5.41, 5.74) is 0.929. The molecular weight excluding hydrogens is 339 g/mol. The topological polar surface area (TPSA) is 63.4 Å². The summed E-state index contributed by atoms with van der Waals surface area (Å²) in [6.07, 6.45) is 0. The van der Waals surface area contributed by atoms with Crippen LogP contribution in [0.3, 0.4) is 0 Å². The zero-order valence-corrected chi connectivity index (χ0v) is 14.8. The van der Waals surface area contributed by atoms with Crippen LogP contribution in [0.15, 0.2) is 28.8 Å². The van der Waals surface area contributed by atoms with Crippen LogP contribution in [0.5, 0.6) is 5.75 Å². The van der Waals surface area contributed by atoms with Crippen molar-refractivity contribution in [2.45, 2.75) is 13.0 Å². The van der Waals surface area contributed by atoms with E-state index in [2.05, 4.69) is 27.3 Å². The van der Waals surface area contributed by atoms with E-state index >= 15 is 0 Å². The Morgan fingerprint density at radius 3 is 2.43 bits per heavy atom. The average Bonchev–Trinajstić information content (AvgIpc) is 3.05. The zero-order chi connectivity index (χ0) is 14.7. The van der Waals surface area contributed by atoms with Gasteiger partial charge >= 0.3 is 0 Å². The summed E-state index contributed by atoms with van der Waals surface area (Å²) in [7, 11) is 1.65. The second-order valence-corrected chi connectivity index (χ2v) is 5.15. The fourth-order valence-electron chi connectivity index (χ4n) is 2.49. The summed E-state index contributed by atoms with van der Waals surface area (Å²) in [6, 6.07) is 7.80. The van der Waals surface area contributed by atoms with Gasteiger partial charge in [0.15, 0.2) is 0 Å². The molecule has 1 aliphatic rings. The highest BCUT2D eigenvalue weighted by Crippen LogP contribution is 2.24. The van der Waals surface area contributed by atoms with E-state index in [0.717, 1.165) is 37.5 Å². The summed E-state index contributed by atoms with van der Waals surface area (Å²) in [6.45, 7) is 6.12. The van der Waals surface area contributed by atoms with Crippen molar-refractivity contribution < 1.29 is 9.26 Å². The number of halogens is 2. The highest BCUT2D eigenvalue weighted by atomic mass is 35.5. The van der Waals surface area contributed by atoms with Gasteiger partial charge < -0.3 is 14.6 Å². The van der Waals surface area contributed by atoms with E-state index in [1.54, 1.807) is 7.11 Å². The number of nitrogens with zero attached hydrogens (tertiary/aromatic N) is 3. The van der Waals surface area contributed by atoms with Crippen LogP contribution in [0.2, 0.25) is 0 Å². The molecule has 8 heteroatoms. The molecule has 0 radical (unpaired) electrons. The molecule has 2 aromatic rings. The molecule has 2 heterocycles. The Bertz CT molecular complexity index is 585. The van der Waals surface area contributed by atoms with E-state index in [4.69, 9.17) is 9.26 Å². The molecule has 0 spiro atoms. The Labute approximate surface area is 148 Å². The number of nitrogens with one attached hydrogen (secondary N) is 1. The molecule has 0 amide bonds. The summed E-state index contributed by atoms with van der Waals surface area (Å²) >= 11 is 0. The molecule has 0 aliphatic carbocycles. The minimum Gasteiger partial charge on any atom is -0.497 e. The van der Waals surface area contributed by atoms with E-state index < -0.39 is 0 Å². The molecule has 0 saturated carbocycles. The van der Waals surface area contributed by atoms with Gasteiger partial charge in [-0.25, -0.2) is 0 Å². The van der Waals surface area contributed by atoms with Crippen molar-refractivity contribution in [1.29, 1.82) is 0 Å². The van der Waals surface area contributed by atoms with E-state index in [-0.39, 0.29) is 30.9 Å². The first-order valence-corrected chi connectivity index (χ1v) is 7.21. The van der Waals surface area contributed by atoms with Gasteiger partial charge in [0.25, 0.3) is 0 Å². The van der Waals surface area contributed by atoms with Crippen molar-refractivity contribution in [2.75, 3.05) is 33.3 Å². The van der Waals surface area contributed by atoms with Crippen LogP contribution < -0.4 is 10.1 Å². The lowest BCUT2D eigenvalue weighted by molar-refractivity contribution is 0.154. The van der Waals surface area contributed by atoms with Crippen LogP contribution in [0, 0.1) is 0 Å². The van der Waals surface area contributed by atoms with Crippen molar-refractivity contribution >= 4 is 24.8 Å². The summed E-state index contributed by atoms with van der Waals surface area (Å²) in [4.78, 5) is 6.88. The minimum absolute atomic E-state index is 0. The first kappa shape index (κ1) is 19.7. The average molecular weight is 361 g/mol. The number of aromatic nitrogens is 2. The second kappa shape index (κ2) is 9.08. The third-order valence-electron chi connectivity index (χ3n) is 3.85. The predicted octanol–water partition coefficient (Wildman–Crippen LogP) is 2.56. The molecule has 0 bridgehead atoms. The monoisotopic (exact) mass is 360 g/mol. The quantitative estimate of drug-likeness (QED) is 0.903. The highest BCUT2D eigenvalue weighted by molar-refractivity contribution is 5.85. The van der Waals surface area contributed by atoms with Crippen LogP contribution >= 0.6 is 24.8 Å². The Balaban J connectivity index is 0.00000132. The standard InChI is InChI=1S/C15H20N4O2.2ClH/c1-11(19-9-7-16-8-10-19)15-17-14(18-21-15)12-3-5-13(20-2)6-4-12;;/h3-6,11,16H,7-10H2,1-2H3;2*1H. The highest BCUT2D eigenvalue weighted by Gasteiger charge is 2.23. The van der Waals surface area contributed by atoms with E-state index in [1.165, 1.54) is 0 Å². The number of ether oxygens (including phenoxy) is 1. The van der Waals surface area contributed by atoms with Gasteiger partial charge in [0.05, 0.1) is 13.2 Å². The summed E-state index contributed by atoms with van der Waals surface area (Å²) < 4.78 is 10.6. The smallest absolute Gasteiger partial charge is 0.244 e. The van der Waals surface area contributed by atoms with Crippen LogP contribution in [0.4, 0.5) is 0 Å². The van der Waals surface area contributed by atoms with Crippen molar-refractivity contribution in [3.8, 4) is 17.1 Å². The van der Waals surface area contributed by atoms with Gasteiger partial charge in [0.2, 0.25) is 11.7 Å². The molecule has 6 nitrogen and oxygen atoms in total. The van der Waals surface area contributed by atoms with Crippen LogP contribution in [-0.4, -0.2) is 48.3 Å². The molecule has 128 valence electrons. The third kappa shape index (κ3) is 4.57. The van der Waals surface area contributed by atoms with Crippen molar-refractivity contribution in [3.63, 3.8) is 0 Å². The summed E-state index contributed by atoms with van der Waals surface area (Å²) in [5.74, 6) is 2.11. The van der Waals surface area contributed by atoms with Gasteiger partial charge in [-0.15, -0.1) is 24.8 Å². The van der Waals surface area contributed by atoms with Gasteiger partial charge in [0, 0.05) is 31.7 Å². The number of methoxy groups -OCH3 is 1. The van der Waals surface area contributed by atoms with Crippen LogP contribution in [0.1, 0.15) is 18.9 Å². The van der Waals surface area contributed by atoms with E-state index in [9.17, 15) is 0 Å². The maximum atomic E-state index is 5.44.